The zero-order valence-electron chi connectivity index (χ0n) is 12.4. The van der Waals surface area contributed by atoms with Gasteiger partial charge in [0.2, 0.25) is 0 Å². The summed E-state index contributed by atoms with van der Waals surface area (Å²) >= 11 is 0. The molecule has 3 rings (SSSR count). The van der Waals surface area contributed by atoms with Crippen LogP contribution in [0.2, 0.25) is 0 Å². The van der Waals surface area contributed by atoms with Crippen LogP contribution in [0.5, 0.6) is 0 Å². The summed E-state index contributed by atoms with van der Waals surface area (Å²) in [5.74, 6) is 1.00. The van der Waals surface area contributed by atoms with Crippen LogP contribution in [0, 0.1) is 5.92 Å². The number of nitrogens with zero attached hydrogens (tertiary/aromatic N) is 2. The van der Waals surface area contributed by atoms with Gasteiger partial charge in [0.05, 0.1) is 5.70 Å². The zero-order chi connectivity index (χ0) is 14.7. The summed E-state index contributed by atoms with van der Waals surface area (Å²) in [5.41, 5.74) is 9.89. The maximum absolute atomic E-state index is 6.02. The molecule has 1 unspecified atom stereocenters. The van der Waals surface area contributed by atoms with Crippen molar-refractivity contribution in [3.63, 3.8) is 0 Å². The summed E-state index contributed by atoms with van der Waals surface area (Å²) in [7, 11) is 0. The summed E-state index contributed by atoms with van der Waals surface area (Å²) < 4.78 is 0. The second kappa shape index (κ2) is 6.00. The molecular weight excluding hydrogens is 258 g/mol. The number of amidine groups is 1. The van der Waals surface area contributed by atoms with E-state index in [0.29, 0.717) is 11.8 Å². The maximum Gasteiger partial charge on any atom is 0.123 e. The molecule has 0 aliphatic carbocycles. The van der Waals surface area contributed by atoms with E-state index in [-0.39, 0.29) is 0 Å². The lowest BCUT2D eigenvalue weighted by Gasteiger charge is -2.23. The number of nitrogens with two attached hydrogens (primary N) is 1. The first-order valence-corrected chi connectivity index (χ1v) is 7.49. The van der Waals surface area contributed by atoms with E-state index < -0.39 is 0 Å². The minimum Gasteiger partial charge on any atom is -0.385 e. The molecule has 0 amide bonds. The van der Waals surface area contributed by atoms with E-state index in [1.807, 2.05) is 17.3 Å². The number of aryl methyl sites for hydroxylation is 1. The van der Waals surface area contributed by atoms with Gasteiger partial charge in [0, 0.05) is 12.1 Å². The van der Waals surface area contributed by atoms with Gasteiger partial charge in [0.25, 0.3) is 0 Å². The van der Waals surface area contributed by atoms with Gasteiger partial charge < -0.3 is 5.73 Å². The highest BCUT2D eigenvalue weighted by molar-refractivity contribution is 5.83. The lowest BCUT2D eigenvalue weighted by molar-refractivity contribution is 0.495. The lowest BCUT2D eigenvalue weighted by Crippen LogP contribution is -2.23. The molecule has 0 fully saturated rings. The fourth-order valence-electron chi connectivity index (χ4n) is 2.63. The number of fused-ring (bicyclic) bond motifs is 1. The zero-order valence-corrected chi connectivity index (χ0v) is 12.4. The summed E-state index contributed by atoms with van der Waals surface area (Å²) in [5, 5.41) is 6.43. The molecule has 3 nitrogen and oxygen atoms in total. The molecule has 0 saturated heterocycles. The molecule has 1 atom stereocenters. The van der Waals surface area contributed by atoms with Crippen LogP contribution in [0.15, 0.2) is 71.1 Å². The molecular formula is C18H21N3. The quantitative estimate of drug-likeness (QED) is 0.919. The first-order chi connectivity index (χ1) is 10.2. The highest BCUT2D eigenvalue weighted by Gasteiger charge is 2.19. The molecule has 21 heavy (non-hydrogen) atoms. The lowest BCUT2D eigenvalue weighted by atomic mass is 9.98. The molecule has 108 valence electrons. The van der Waals surface area contributed by atoms with E-state index in [1.165, 1.54) is 16.8 Å². The Morgan fingerprint density at radius 1 is 1.24 bits per heavy atom. The van der Waals surface area contributed by atoms with Crippen molar-refractivity contribution in [1.29, 1.82) is 0 Å². The predicted octanol–water partition coefficient (Wildman–Crippen LogP) is 3.57. The van der Waals surface area contributed by atoms with Crippen molar-refractivity contribution >= 4 is 5.84 Å². The van der Waals surface area contributed by atoms with Crippen LogP contribution < -0.4 is 5.73 Å². The van der Waals surface area contributed by atoms with E-state index in [4.69, 9.17) is 5.73 Å². The molecule has 1 aromatic rings. The molecule has 1 aromatic carbocycles. The average Bonchev–Trinajstić information content (AvgIpc) is 2.66. The number of hydrogen-bond donors (Lipinski definition) is 1. The topological polar surface area (TPSA) is 41.6 Å². The maximum atomic E-state index is 6.02. The van der Waals surface area contributed by atoms with Crippen molar-refractivity contribution in [3.05, 3.63) is 71.6 Å². The normalized spacial score (nSPS) is 21.1. The van der Waals surface area contributed by atoms with Crippen molar-refractivity contribution in [2.45, 2.75) is 26.2 Å². The largest absolute Gasteiger partial charge is 0.385 e. The van der Waals surface area contributed by atoms with E-state index in [2.05, 4.69) is 54.5 Å². The molecule has 0 spiro atoms. The van der Waals surface area contributed by atoms with Crippen LogP contribution in [0.3, 0.4) is 0 Å². The number of benzene rings is 1. The van der Waals surface area contributed by atoms with Gasteiger partial charge >= 0.3 is 0 Å². The standard InChI is InChI=1S/C18H21N3/c1-14-9-12-17-16(8-5-13-21(17)20-18(14)19)11-10-15-6-3-2-4-7-15/h2-8,12-14H,9-11H2,1H3,(H2,19,20). The number of rotatable bonds is 3. The molecule has 0 aromatic heterocycles. The van der Waals surface area contributed by atoms with Crippen LogP contribution in [0.4, 0.5) is 0 Å². The van der Waals surface area contributed by atoms with Crippen molar-refractivity contribution < 1.29 is 0 Å². The summed E-state index contributed by atoms with van der Waals surface area (Å²) in [6.45, 7) is 2.12. The molecule has 2 N–H and O–H groups in total. The van der Waals surface area contributed by atoms with Gasteiger partial charge in [-0.05, 0) is 36.5 Å². The fraction of sp³-hybridized carbons (Fsp3) is 0.278. The van der Waals surface area contributed by atoms with Crippen LogP contribution in [-0.2, 0) is 6.42 Å². The Bertz CT molecular complexity index is 623. The van der Waals surface area contributed by atoms with Crippen molar-refractivity contribution in [2.75, 3.05) is 0 Å². The Morgan fingerprint density at radius 2 is 2.05 bits per heavy atom. The number of allylic oxidation sites excluding steroid dienone is 4. The SMILES string of the molecule is CC1CC=C2C(CCc3ccccc3)=CC=CN2N=C1N. The monoisotopic (exact) mass is 279 g/mol. The van der Waals surface area contributed by atoms with E-state index in [0.717, 1.165) is 19.3 Å². The van der Waals surface area contributed by atoms with E-state index in [9.17, 15) is 0 Å². The van der Waals surface area contributed by atoms with E-state index >= 15 is 0 Å². The Labute approximate surface area is 126 Å². The molecule has 2 aliphatic rings. The average molecular weight is 279 g/mol. The Hall–Kier alpha value is -2.29. The van der Waals surface area contributed by atoms with Gasteiger partial charge in [-0.1, -0.05) is 49.4 Å². The van der Waals surface area contributed by atoms with Crippen molar-refractivity contribution in [2.24, 2.45) is 16.8 Å². The molecule has 0 radical (unpaired) electrons. The Morgan fingerprint density at radius 3 is 2.86 bits per heavy atom. The van der Waals surface area contributed by atoms with Gasteiger partial charge in [-0.2, -0.15) is 5.10 Å². The number of hydrogen-bond acceptors (Lipinski definition) is 3. The first kappa shape index (κ1) is 13.7. The molecule has 2 aliphatic heterocycles. The third-order valence-corrected chi connectivity index (χ3v) is 4.02. The molecule has 2 heterocycles. The first-order valence-electron chi connectivity index (χ1n) is 7.49. The smallest absolute Gasteiger partial charge is 0.123 e. The summed E-state index contributed by atoms with van der Waals surface area (Å²) in [6.07, 6.45) is 11.5. The van der Waals surface area contributed by atoms with Crippen molar-refractivity contribution in [3.8, 4) is 0 Å². The second-order valence-electron chi connectivity index (χ2n) is 5.61. The Kier molecular flexibility index (Phi) is 3.91. The van der Waals surface area contributed by atoms with Gasteiger partial charge in [-0.15, -0.1) is 0 Å². The Balaban J connectivity index is 1.77. The number of hydrazone groups is 1. The molecule has 3 heteroatoms. The van der Waals surface area contributed by atoms with Gasteiger partial charge in [0.1, 0.15) is 5.84 Å². The fourth-order valence-corrected chi connectivity index (χ4v) is 2.63. The van der Waals surface area contributed by atoms with Gasteiger partial charge in [-0.25, -0.2) is 5.01 Å². The van der Waals surface area contributed by atoms with E-state index in [1.54, 1.807) is 0 Å². The van der Waals surface area contributed by atoms with Crippen LogP contribution in [0.25, 0.3) is 0 Å². The minimum absolute atomic E-state index is 0.298. The van der Waals surface area contributed by atoms with Crippen LogP contribution in [-0.4, -0.2) is 10.8 Å². The van der Waals surface area contributed by atoms with Gasteiger partial charge in [0.15, 0.2) is 0 Å². The van der Waals surface area contributed by atoms with Crippen molar-refractivity contribution in [1.82, 2.24) is 5.01 Å². The highest BCUT2D eigenvalue weighted by atomic mass is 15.5. The van der Waals surface area contributed by atoms with Crippen LogP contribution in [0.1, 0.15) is 25.3 Å². The molecule has 0 bridgehead atoms. The second-order valence-corrected chi connectivity index (χ2v) is 5.61. The summed E-state index contributed by atoms with van der Waals surface area (Å²) in [6, 6.07) is 10.6. The highest BCUT2D eigenvalue weighted by Crippen LogP contribution is 2.28. The summed E-state index contributed by atoms with van der Waals surface area (Å²) in [4.78, 5) is 0. The third-order valence-electron chi connectivity index (χ3n) is 4.02. The minimum atomic E-state index is 0.298. The van der Waals surface area contributed by atoms with Crippen LogP contribution >= 0.6 is 0 Å². The predicted molar refractivity (Wildman–Crippen MR) is 87.3 cm³/mol. The molecule has 0 saturated carbocycles. The van der Waals surface area contributed by atoms with Gasteiger partial charge in [-0.3, -0.25) is 0 Å². The third kappa shape index (κ3) is 3.07.